The average molecular weight is 321 g/mol. The van der Waals surface area contributed by atoms with Crippen LogP contribution < -0.4 is 0 Å². The van der Waals surface area contributed by atoms with Crippen LogP contribution in [0.2, 0.25) is 0 Å². The summed E-state index contributed by atoms with van der Waals surface area (Å²) in [6.07, 6.45) is 0.387. The number of nitriles is 1. The molecule has 0 aliphatic rings. The van der Waals surface area contributed by atoms with E-state index in [-0.39, 0.29) is 5.75 Å². The number of aromatic hydroxyl groups is 1. The van der Waals surface area contributed by atoms with E-state index in [1.54, 1.807) is 48.5 Å². The lowest BCUT2D eigenvalue weighted by atomic mass is 9.96. The monoisotopic (exact) mass is 321 g/mol. The molecule has 1 atom stereocenters. The first-order chi connectivity index (χ1) is 11.6. The molecule has 120 valence electrons. The highest BCUT2D eigenvalue weighted by molar-refractivity contribution is 5.83. The van der Waals surface area contributed by atoms with Crippen LogP contribution in [0.5, 0.6) is 5.75 Å². The lowest BCUT2D eigenvalue weighted by molar-refractivity contribution is -0.142. The normalized spacial score (nSPS) is 11.8. The zero-order chi connectivity index (χ0) is 17.1. The molecule has 0 spiro atoms. The van der Waals surface area contributed by atoms with Crippen molar-refractivity contribution in [3.05, 3.63) is 65.4 Å². The lowest BCUT2D eigenvalue weighted by Crippen LogP contribution is -2.16. The van der Waals surface area contributed by atoms with E-state index in [2.05, 4.69) is 6.07 Å². The Morgan fingerprint density at radius 1 is 1.25 bits per heavy atom. The minimum atomic E-state index is -0.600. The Kier molecular flexibility index (Phi) is 4.21. The highest BCUT2D eigenvalue weighted by atomic mass is 16.5. The van der Waals surface area contributed by atoms with Crippen LogP contribution in [-0.2, 0) is 16.0 Å². The number of phenolic OH excluding ortho intramolecular Hbond substituents is 1. The Morgan fingerprint density at radius 3 is 2.67 bits per heavy atom. The standard InChI is InChI=1S/C19H15NO4/c1-23-19(22)16(9-12-2-5-15(21)6-3-12)18-10-14-8-13(11-20)4-7-17(14)24-18/h2-8,10,16,21H,9H2,1H3. The number of phenols is 1. The minimum absolute atomic E-state index is 0.168. The third-order valence-corrected chi connectivity index (χ3v) is 3.87. The third kappa shape index (κ3) is 3.08. The van der Waals surface area contributed by atoms with Crippen LogP contribution in [-0.4, -0.2) is 18.2 Å². The summed E-state index contributed by atoms with van der Waals surface area (Å²) in [6.45, 7) is 0. The zero-order valence-corrected chi connectivity index (χ0v) is 13.0. The second kappa shape index (κ2) is 6.47. The van der Waals surface area contributed by atoms with E-state index in [0.29, 0.717) is 23.3 Å². The van der Waals surface area contributed by atoms with Crippen molar-refractivity contribution in [3.63, 3.8) is 0 Å². The second-order valence-electron chi connectivity index (χ2n) is 5.46. The van der Waals surface area contributed by atoms with Crippen molar-refractivity contribution in [2.75, 3.05) is 7.11 Å². The molecular formula is C19H15NO4. The molecule has 0 saturated carbocycles. The molecule has 1 heterocycles. The largest absolute Gasteiger partial charge is 0.508 e. The number of carbonyl (C=O) groups excluding carboxylic acids is 1. The summed E-state index contributed by atoms with van der Waals surface area (Å²) >= 11 is 0. The molecule has 0 radical (unpaired) electrons. The average Bonchev–Trinajstić information content (AvgIpc) is 3.03. The maximum absolute atomic E-state index is 12.2. The Labute approximate surface area is 138 Å². The Balaban J connectivity index is 1.98. The van der Waals surface area contributed by atoms with Crippen LogP contribution in [0.1, 0.15) is 22.8 Å². The number of nitrogens with zero attached hydrogens (tertiary/aromatic N) is 1. The van der Waals surface area contributed by atoms with Gasteiger partial charge in [-0.25, -0.2) is 0 Å². The number of hydrogen-bond donors (Lipinski definition) is 1. The Bertz CT molecular complexity index is 919. The molecule has 0 fully saturated rings. The van der Waals surface area contributed by atoms with Gasteiger partial charge in [-0.05, 0) is 48.4 Å². The van der Waals surface area contributed by atoms with E-state index in [9.17, 15) is 9.90 Å². The van der Waals surface area contributed by atoms with Crippen molar-refractivity contribution in [2.45, 2.75) is 12.3 Å². The van der Waals surface area contributed by atoms with E-state index in [1.807, 2.05) is 0 Å². The summed E-state index contributed by atoms with van der Waals surface area (Å²) in [4.78, 5) is 12.2. The van der Waals surface area contributed by atoms with Crippen molar-refractivity contribution >= 4 is 16.9 Å². The first-order valence-corrected chi connectivity index (χ1v) is 7.40. The highest BCUT2D eigenvalue weighted by Gasteiger charge is 2.26. The Hall–Kier alpha value is -3.26. The van der Waals surface area contributed by atoms with Crippen LogP contribution in [0.3, 0.4) is 0 Å². The molecule has 0 aliphatic carbocycles. The summed E-state index contributed by atoms with van der Waals surface area (Å²) in [5.41, 5.74) is 2.02. The van der Waals surface area contributed by atoms with Crippen LogP contribution in [0.4, 0.5) is 0 Å². The summed E-state index contributed by atoms with van der Waals surface area (Å²) in [6, 6.07) is 15.6. The van der Waals surface area contributed by atoms with Crippen molar-refractivity contribution in [1.29, 1.82) is 5.26 Å². The second-order valence-corrected chi connectivity index (χ2v) is 5.46. The van der Waals surface area contributed by atoms with Crippen LogP contribution in [0.25, 0.3) is 11.0 Å². The number of carbonyl (C=O) groups is 1. The maximum Gasteiger partial charge on any atom is 0.316 e. The number of benzene rings is 2. The van der Waals surface area contributed by atoms with Gasteiger partial charge >= 0.3 is 5.97 Å². The molecule has 5 nitrogen and oxygen atoms in total. The van der Waals surface area contributed by atoms with Crippen molar-refractivity contribution < 1.29 is 19.1 Å². The first-order valence-electron chi connectivity index (χ1n) is 7.40. The van der Waals surface area contributed by atoms with Gasteiger partial charge in [-0.3, -0.25) is 4.79 Å². The molecule has 1 aromatic heterocycles. The van der Waals surface area contributed by atoms with Crippen molar-refractivity contribution in [3.8, 4) is 11.8 Å². The molecular weight excluding hydrogens is 306 g/mol. The fourth-order valence-corrected chi connectivity index (χ4v) is 2.62. The predicted molar refractivity (Wildman–Crippen MR) is 87.5 cm³/mol. The maximum atomic E-state index is 12.2. The molecule has 3 rings (SSSR count). The molecule has 1 N–H and O–H groups in total. The predicted octanol–water partition coefficient (Wildman–Crippen LogP) is 3.51. The minimum Gasteiger partial charge on any atom is -0.508 e. The van der Waals surface area contributed by atoms with E-state index in [1.165, 1.54) is 7.11 Å². The van der Waals surface area contributed by atoms with E-state index in [4.69, 9.17) is 14.4 Å². The molecule has 2 aromatic carbocycles. The lowest BCUT2D eigenvalue weighted by Gasteiger charge is -2.12. The number of methoxy groups -OCH3 is 1. The molecule has 3 aromatic rings. The molecule has 24 heavy (non-hydrogen) atoms. The fourth-order valence-electron chi connectivity index (χ4n) is 2.62. The quantitative estimate of drug-likeness (QED) is 0.743. The van der Waals surface area contributed by atoms with Gasteiger partial charge in [0.25, 0.3) is 0 Å². The van der Waals surface area contributed by atoms with Crippen molar-refractivity contribution in [2.24, 2.45) is 0 Å². The Morgan fingerprint density at radius 2 is 2.00 bits per heavy atom. The van der Waals surface area contributed by atoms with Gasteiger partial charge in [0, 0.05) is 5.39 Å². The van der Waals surface area contributed by atoms with Crippen LogP contribution >= 0.6 is 0 Å². The molecule has 0 aliphatic heterocycles. The third-order valence-electron chi connectivity index (χ3n) is 3.87. The number of hydrogen-bond acceptors (Lipinski definition) is 5. The van der Waals surface area contributed by atoms with Gasteiger partial charge in [0.2, 0.25) is 0 Å². The number of furan rings is 1. The van der Waals surface area contributed by atoms with Gasteiger partial charge in [-0.2, -0.15) is 5.26 Å². The molecule has 0 amide bonds. The highest BCUT2D eigenvalue weighted by Crippen LogP contribution is 2.29. The van der Waals surface area contributed by atoms with Gasteiger partial charge < -0.3 is 14.3 Å². The van der Waals surface area contributed by atoms with E-state index >= 15 is 0 Å². The molecule has 5 heteroatoms. The van der Waals surface area contributed by atoms with Crippen molar-refractivity contribution in [1.82, 2.24) is 0 Å². The molecule has 1 unspecified atom stereocenters. The van der Waals surface area contributed by atoms with Gasteiger partial charge in [0.15, 0.2) is 0 Å². The summed E-state index contributed by atoms with van der Waals surface area (Å²) in [5.74, 6) is -0.346. The summed E-state index contributed by atoms with van der Waals surface area (Å²) in [7, 11) is 1.34. The topological polar surface area (TPSA) is 83.5 Å². The smallest absolute Gasteiger partial charge is 0.316 e. The van der Waals surface area contributed by atoms with Gasteiger partial charge in [0.05, 0.1) is 18.7 Å². The number of fused-ring (bicyclic) bond motifs is 1. The zero-order valence-electron chi connectivity index (χ0n) is 13.0. The van der Waals surface area contributed by atoms with Crippen LogP contribution in [0, 0.1) is 11.3 Å². The van der Waals surface area contributed by atoms with Gasteiger partial charge in [-0.15, -0.1) is 0 Å². The van der Waals surface area contributed by atoms with Gasteiger partial charge in [-0.1, -0.05) is 12.1 Å². The van der Waals surface area contributed by atoms with E-state index < -0.39 is 11.9 Å². The molecule has 0 saturated heterocycles. The van der Waals surface area contributed by atoms with Gasteiger partial charge in [0.1, 0.15) is 23.0 Å². The van der Waals surface area contributed by atoms with E-state index in [0.717, 1.165) is 10.9 Å². The first kappa shape index (κ1) is 15.6. The number of rotatable bonds is 4. The van der Waals surface area contributed by atoms with Crippen LogP contribution in [0.15, 0.2) is 52.9 Å². The SMILES string of the molecule is COC(=O)C(Cc1ccc(O)cc1)c1cc2cc(C#N)ccc2o1. The molecule has 0 bridgehead atoms. The number of esters is 1. The summed E-state index contributed by atoms with van der Waals surface area (Å²) < 4.78 is 10.7. The number of ether oxygens (including phenoxy) is 1. The summed E-state index contributed by atoms with van der Waals surface area (Å²) in [5, 5.41) is 19.1. The fraction of sp³-hybridized carbons (Fsp3) is 0.158.